The Labute approximate surface area is 215 Å². The van der Waals surface area contributed by atoms with E-state index in [0.29, 0.717) is 36.8 Å². The van der Waals surface area contributed by atoms with E-state index >= 15 is 0 Å². The van der Waals surface area contributed by atoms with Crippen molar-refractivity contribution in [2.75, 3.05) is 38.2 Å². The summed E-state index contributed by atoms with van der Waals surface area (Å²) < 4.78 is 21.2. The highest BCUT2D eigenvalue weighted by molar-refractivity contribution is 6.30. The normalized spacial score (nSPS) is 13.7. The Bertz CT molecular complexity index is 1370. The van der Waals surface area contributed by atoms with Gasteiger partial charge in [0.15, 0.2) is 0 Å². The molecule has 0 radical (unpaired) electrons. The van der Waals surface area contributed by atoms with E-state index in [1.807, 2.05) is 71.0 Å². The van der Waals surface area contributed by atoms with Crippen LogP contribution in [0.3, 0.4) is 0 Å². The van der Waals surface area contributed by atoms with Gasteiger partial charge in [0.25, 0.3) is 5.91 Å². The van der Waals surface area contributed by atoms with Gasteiger partial charge in [-0.3, -0.25) is 4.79 Å². The Kier molecular flexibility index (Phi) is 6.70. The molecule has 0 spiro atoms. The van der Waals surface area contributed by atoms with Gasteiger partial charge in [-0.15, -0.1) is 0 Å². The van der Waals surface area contributed by atoms with E-state index in [-0.39, 0.29) is 11.7 Å². The van der Waals surface area contributed by atoms with Crippen molar-refractivity contribution in [2.24, 2.45) is 0 Å². The number of aromatic nitrogens is 1. The zero-order valence-electron chi connectivity index (χ0n) is 20.2. The van der Waals surface area contributed by atoms with Crippen LogP contribution in [0.5, 0.6) is 5.75 Å². The van der Waals surface area contributed by atoms with Crippen LogP contribution in [0.15, 0.2) is 78.9 Å². The van der Waals surface area contributed by atoms with Crippen LogP contribution in [-0.4, -0.2) is 48.7 Å². The van der Waals surface area contributed by atoms with Gasteiger partial charge in [-0.1, -0.05) is 35.9 Å². The third-order valence-corrected chi connectivity index (χ3v) is 6.95. The van der Waals surface area contributed by atoms with E-state index in [1.165, 1.54) is 12.1 Å². The van der Waals surface area contributed by atoms with Gasteiger partial charge in [-0.05, 0) is 67.1 Å². The molecule has 0 atom stereocenters. The summed E-state index contributed by atoms with van der Waals surface area (Å²) in [4.78, 5) is 17.9. The smallest absolute Gasteiger partial charge is 0.255 e. The molecule has 1 amide bonds. The Morgan fingerprint density at radius 1 is 0.917 bits per heavy atom. The number of ether oxygens (including phenoxy) is 1. The van der Waals surface area contributed by atoms with Crippen molar-refractivity contribution in [3.05, 3.63) is 101 Å². The molecule has 0 aliphatic carbocycles. The molecule has 184 valence electrons. The van der Waals surface area contributed by atoms with E-state index in [9.17, 15) is 9.18 Å². The fraction of sp³-hybridized carbons (Fsp3) is 0.207. The predicted molar refractivity (Wildman–Crippen MR) is 142 cm³/mol. The lowest BCUT2D eigenvalue weighted by Crippen LogP contribution is -2.49. The van der Waals surface area contributed by atoms with Crippen LogP contribution < -0.4 is 9.64 Å². The fourth-order valence-electron chi connectivity index (χ4n) is 4.79. The highest BCUT2D eigenvalue weighted by Crippen LogP contribution is 2.32. The summed E-state index contributed by atoms with van der Waals surface area (Å²) in [5, 5.41) is 0.638. The summed E-state index contributed by atoms with van der Waals surface area (Å²) in [5.74, 6) is 0.515. The molecular weight excluding hydrogens is 477 g/mol. The lowest BCUT2D eigenvalue weighted by molar-refractivity contribution is 0.0746. The van der Waals surface area contributed by atoms with Crippen LogP contribution >= 0.6 is 11.6 Å². The van der Waals surface area contributed by atoms with Gasteiger partial charge in [0.1, 0.15) is 11.6 Å². The molecule has 1 saturated heterocycles. The zero-order chi connectivity index (χ0) is 25.2. The van der Waals surface area contributed by atoms with Crippen LogP contribution in [0, 0.1) is 12.7 Å². The molecule has 5 nitrogen and oxygen atoms in total. The molecule has 36 heavy (non-hydrogen) atoms. The average Bonchev–Trinajstić information content (AvgIpc) is 3.26. The van der Waals surface area contributed by atoms with Crippen LogP contribution in [-0.2, 0) is 0 Å². The van der Waals surface area contributed by atoms with Crippen LogP contribution in [0.25, 0.3) is 16.9 Å². The number of amides is 1. The number of nitrogens with zero attached hydrogens (tertiary/aromatic N) is 3. The van der Waals surface area contributed by atoms with Crippen LogP contribution in [0.4, 0.5) is 10.1 Å². The number of carbonyl (C=O) groups excluding carboxylic acids is 1. The standard InChI is InChI=1S/C29H27ClFN3O2/c1-20-25(29(35)33-17-15-32(16-18-33)26-5-3-4-6-28(26)36-2)19-27(21-7-9-22(30)10-8-21)34(20)24-13-11-23(31)12-14-24/h3-14,19H,15-18H2,1-2H3. The Hall–Kier alpha value is -3.77. The van der Waals surface area contributed by atoms with Gasteiger partial charge in [0.05, 0.1) is 24.1 Å². The van der Waals surface area contributed by atoms with E-state index in [2.05, 4.69) is 4.90 Å². The highest BCUT2D eigenvalue weighted by Gasteiger charge is 2.27. The number of para-hydroxylation sites is 2. The minimum absolute atomic E-state index is 0.0109. The number of benzene rings is 3. The van der Waals surface area contributed by atoms with Gasteiger partial charge in [0.2, 0.25) is 0 Å². The fourth-order valence-corrected chi connectivity index (χ4v) is 4.92. The number of rotatable bonds is 5. The largest absolute Gasteiger partial charge is 0.495 e. The first-order valence-electron chi connectivity index (χ1n) is 11.9. The molecule has 7 heteroatoms. The second kappa shape index (κ2) is 10.1. The summed E-state index contributed by atoms with van der Waals surface area (Å²) in [5.41, 5.74) is 5.05. The molecule has 0 saturated carbocycles. The number of carbonyl (C=O) groups is 1. The minimum Gasteiger partial charge on any atom is -0.495 e. The lowest BCUT2D eigenvalue weighted by Gasteiger charge is -2.36. The van der Waals surface area contributed by atoms with E-state index < -0.39 is 0 Å². The maximum atomic E-state index is 13.7. The topological polar surface area (TPSA) is 37.7 Å². The summed E-state index contributed by atoms with van der Waals surface area (Å²) in [6, 6.07) is 23.7. The molecule has 1 fully saturated rings. The summed E-state index contributed by atoms with van der Waals surface area (Å²) in [6.07, 6.45) is 0. The third kappa shape index (κ3) is 4.56. The minimum atomic E-state index is -0.305. The molecule has 1 aliphatic rings. The molecule has 1 aromatic heterocycles. The lowest BCUT2D eigenvalue weighted by atomic mass is 10.1. The van der Waals surface area contributed by atoms with Crippen molar-refractivity contribution in [2.45, 2.75) is 6.92 Å². The van der Waals surface area contributed by atoms with Crippen molar-refractivity contribution in [3.8, 4) is 22.7 Å². The van der Waals surface area contributed by atoms with Crippen LogP contribution in [0.2, 0.25) is 5.02 Å². The first kappa shape index (κ1) is 23.9. The first-order chi connectivity index (χ1) is 17.5. The Morgan fingerprint density at radius 3 is 2.25 bits per heavy atom. The number of hydrogen-bond donors (Lipinski definition) is 0. The summed E-state index contributed by atoms with van der Waals surface area (Å²) in [6.45, 7) is 4.57. The predicted octanol–water partition coefficient (Wildman–Crippen LogP) is 6.22. The van der Waals surface area contributed by atoms with Gasteiger partial charge in [-0.2, -0.15) is 0 Å². The van der Waals surface area contributed by atoms with Gasteiger partial charge in [-0.25, -0.2) is 4.39 Å². The molecule has 5 rings (SSSR count). The molecule has 1 aliphatic heterocycles. The molecular formula is C29H27ClFN3O2. The molecule has 0 N–H and O–H groups in total. The van der Waals surface area contributed by atoms with Gasteiger partial charge < -0.3 is 19.1 Å². The molecule has 4 aromatic rings. The van der Waals surface area contributed by atoms with Crippen molar-refractivity contribution in [1.82, 2.24) is 9.47 Å². The maximum absolute atomic E-state index is 13.7. The molecule has 0 unspecified atom stereocenters. The second-order valence-electron chi connectivity index (χ2n) is 8.80. The number of halogens is 2. The Morgan fingerprint density at radius 2 is 1.58 bits per heavy atom. The van der Waals surface area contributed by atoms with Crippen molar-refractivity contribution in [3.63, 3.8) is 0 Å². The first-order valence-corrected chi connectivity index (χ1v) is 12.3. The maximum Gasteiger partial charge on any atom is 0.255 e. The van der Waals surface area contributed by atoms with Crippen molar-refractivity contribution < 1.29 is 13.9 Å². The zero-order valence-corrected chi connectivity index (χ0v) is 21.0. The molecule has 3 aromatic carbocycles. The Balaban J connectivity index is 1.45. The number of hydrogen-bond acceptors (Lipinski definition) is 3. The average molecular weight is 504 g/mol. The quantitative estimate of drug-likeness (QED) is 0.324. The van der Waals surface area contributed by atoms with E-state index in [0.717, 1.165) is 34.1 Å². The van der Waals surface area contributed by atoms with E-state index in [4.69, 9.17) is 16.3 Å². The van der Waals surface area contributed by atoms with Crippen molar-refractivity contribution in [1.29, 1.82) is 0 Å². The third-order valence-electron chi connectivity index (χ3n) is 6.70. The number of piperazine rings is 1. The van der Waals surface area contributed by atoms with Crippen molar-refractivity contribution >= 4 is 23.2 Å². The highest BCUT2D eigenvalue weighted by atomic mass is 35.5. The monoisotopic (exact) mass is 503 g/mol. The van der Waals surface area contributed by atoms with Gasteiger partial charge >= 0.3 is 0 Å². The number of anilines is 1. The second-order valence-corrected chi connectivity index (χ2v) is 9.23. The molecule has 2 heterocycles. The molecule has 0 bridgehead atoms. The van der Waals surface area contributed by atoms with Crippen LogP contribution in [0.1, 0.15) is 16.1 Å². The summed E-state index contributed by atoms with van der Waals surface area (Å²) >= 11 is 6.12. The summed E-state index contributed by atoms with van der Waals surface area (Å²) in [7, 11) is 1.67. The number of methoxy groups -OCH3 is 1. The van der Waals surface area contributed by atoms with E-state index in [1.54, 1.807) is 19.2 Å². The SMILES string of the molecule is COc1ccccc1N1CCN(C(=O)c2cc(-c3ccc(Cl)cc3)n(-c3ccc(F)cc3)c2C)CC1. The van der Waals surface area contributed by atoms with Gasteiger partial charge in [0, 0.05) is 42.6 Å².